The van der Waals surface area contributed by atoms with Crippen molar-refractivity contribution in [1.29, 1.82) is 0 Å². The maximum Gasteiger partial charge on any atom is 0.119 e. The lowest BCUT2D eigenvalue weighted by molar-refractivity contribution is 0.117. The first-order chi connectivity index (χ1) is 9.86. The summed E-state index contributed by atoms with van der Waals surface area (Å²) >= 11 is 0. The highest BCUT2D eigenvalue weighted by Crippen LogP contribution is 2.28. The van der Waals surface area contributed by atoms with E-state index in [0.29, 0.717) is 0 Å². The number of hydrogen-bond donors (Lipinski definition) is 1. The van der Waals surface area contributed by atoms with Crippen molar-refractivity contribution in [3.8, 4) is 5.75 Å². The van der Waals surface area contributed by atoms with Gasteiger partial charge in [-0.2, -0.15) is 0 Å². The number of piperidine rings is 1. The van der Waals surface area contributed by atoms with E-state index in [1.165, 1.54) is 38.0 Å². The molecule has 1 aromatic rings. The molecule has 2 fully saturated rings. The molecule has 1 aromatic carbocycles. The van der Waals surface area contributed by atoms with Crippen LogP contribution in [0.3, 0.4) is 0 Å². The largest absolute Gasteiger partial charge is 0.494 e. The Hall–Kier alpha value is -1.06. The van der Waals surface area contributed by atoms with E-state index in [2.05, 4.69) is 41.4 Å². The molecule has 20 heavy (non-hydrogen) atoms. The van der Waals surface area contributed by atoms with Crippen LogP contribution in [-0.2, 0) is 6.54 Å². The van der Waals surface area contributed by atoms with Crippen LogP contribution in [0.1, 0.15) is 31.7 Å². The number of fused-ring (bicyclic) bond motifs is 1. The van der Waals surface area contributed by atoms with Gasteiger partial charge in [-0.3, -0.25) is 4.90 Å². The first-order valence-corrected chi connectivity index (χ1v) is 8.03. The smallest absolute Gasteiger partial charge is 0.119 e. The van der Waals surface area contributed by atoms with E-state index in [4.69, 9.17) is 4.74 Å². The number of benzene rings is 1. The fourth-order valence-corrected chi connectivity index (χ4v) is 3.51. The Balaban J connectivity index is 1.59. The van der Waals surface area contributed by atoms with Crippen LogP contribution in [0.4, 0.5) is 0 Å². The predicted octanol–water partition coefficient (Wildman–Crippen LogP) is 2.66. The molecular formula is C17H26N2O. The second-order valence-corrected chi connectivity index (χ2v) is 6.09. The van der Waals surface area contributed by atoms with Crippen molar-refractivity contribution in [1.82, 2.24) is 10.2 Å². The summed E-state index contributed by atoms with van der Waals surface area (Å²) in [4.78, 5) is 2.66. The van der Waals surface area contributed by atoms with E-state index in [1.807, 2.05) is 0 Å². The van der Waals surface area contributed by atoms with Gasteiger partial charge >= 0.3 is 0 Å². The summed E-state index contributed by atoms with van der Waals surface area (Å²) in [5, 5.41) is 3.55. The maximum atomic E-state index is 5.65. The Kier molecular flexibility index (Phi) is 4.58. The average molecular weight is 274 g/mol. The van der Waals surface area contributed by atoms with Crippen molar-refractivity contribution in [2.24, 2.45) is 5.92 Å². The normalized spacial score (nSPS) is 26.4. The van der Waals surface area contributed by atoms with Gasteiger partial charge in [0.25, 0.3) is 0 Å². The third-order valence-electron chi connectivity index (χ3n) is 4.58. The van der Waals surface area contributed by atoms with E-state index in [1.54, 1.807) is 0 Å². The van der Waals surface area contributed by atoms with Gasteiger partial charge in [-0.15, -0.1) is 0 Å². The zero-order chi connectivity index (χ0) is 13.8. The Morgan fingerprint density at radius 2 is 2.10 bits per heavy atom. The summed E-state index contributed by atoms with van der Waals surface area (Å²) in [7, 11) is 0. The number of ether oxygens (including phenoxy) is 1. The van der Waals surface area contributed by atoms with Gasteiger partial charge in [0.2, 0.25) is 0 Å². The zero-order valence-corrected chi connectivity index (χ0v) is 12.5. The number of nitrogens with one attached hydrogen (secondary N) is 1. The minimum atomic E-state index is 0.750. The quantitative estimate of drug-likeness (QED) is 0.893. The highest BCUT2D eigenvalue weighted by molar-refractivity contribution is 5.27. The zero-order valence-electron chi connectivity index (χ0n) is 12.5. The highest BCUT2D eigenvalue weighted by Gasteiger charge is 2.34. The van der Waals surface area contributed by atoms with Crippen molar-refractivity contribution >= 4 is 0 Å². The molecule has 0 aromatic heterocycles. The van der Waals surface area contributed by atoms with Gasteiger partial charge in [-0.05, 0) is 56.0 Å². The van der Waals surface area contributed by atoms with Gasteiger partial charge in [0.15, 0.2) is 0 Å². The van der Waals surface area contributed by atoms with E-state index in [-0.39, 0.29) is 0 Å². The van der Waals surface area contributed by atoms with Gasteiger partial charge in [-0.25, -0.2) is 0 Å². The lowest BCUT2D eigenvalue weighted by atomic mass is 9.91. The molecule has 2 saturated heterocycles. The lowest BCUT2D eigenvalue weighted by Gasteiger charge is -2.37. The van der Waals surface area contributed by atoms with Gasteiger partial charge in [-0.1, -0.05) is 19.1 Å². The molecular weight excluding hydrogens is 248 g/mol. The SMILES string of the molecule is CCCOc1ccc(CN2CCCC3CNCC32)cc1. The van der Waals surface area contributed by atoms with Crippen molar-refractivity contribution < 1.29 is 4.74 Å². The topological polar surface area (TPSA) is 24.5 Å². The average Bonchev–Trinajstić information content (AvgIpc) is 2.96. The Bertz CT molecular complexity index is 418. The van der Waals surface area contributed by atoms with Crippen molar-refractivity contribution in [2.45, 2.75) is 38.8 Å². The van der Waals surface area contributed by atoms with Gasteiger partial charge in [0, 0.05) is 19.1 Å². The first kappa shape index (κ1) is 13.9. The molecule has 2 heterocycles. The van der Waals surface area contributed by atoms with E-state index < -0.39 is 0 Å². The third-order valence-corrected chi connectivity index (χ3v) is 4.58. The van der Waals surface area contributed by atoms with Gasteiger partial charge < -0.3 is 10.1 Å². The fraction of sp³-hybridized carbons (Fsp3) is 0.647. The molecule has 2 atom stereocenters. The minimum Gasteiger partial charge on any atom is -0.494 e. The summed E-state index contributed by atoms with van der Waals surface area (Å²) in [5.41, 5.74) is 1.40. The molecule has 3 nitrogen and oxygen atoms in total. The van der Waals surface area contributed by atoms with Crippen LogP contribution >= 0.6 is 0 Å². The molecule has 3 rings (SSSR count). The van der Waals surface area contributed by atoms with Crippen LogP contribution in [0.25, 0.3) is 0 Å². The van der Waals surface area contributed by atoms with Crippen molar-refractivity contribution in [2.75, 3.05) is 26.2 Å². The van der Waals surface area contributed by atoms with Gasteiger partial charge in [0.05, 0.1) is 6.61 Å². The monoisotopic (exact) mass is 274 g/mol. The van der Waals surface area contributed by atoms with E-state index in [9.17, 15) is 0 Å². The summed E-state index contributed by atoms with van der Waals surface area (Å²) in [5.74, 6) is 1.87. The molecule has 0 spiro atoms. The molecule has 0 amide bonds. The summed E-state index contributed by atoms with van der Waals surface area (Å²) in [6, 6.07) is 9.41. The summed E-state index contributed by atoms with van der Waals surface area (Å²) in [6.07, 6.45) is 3.81. The van der Waals surface area contributed by atoms with Crippen LogP contribution in [0.2, 0.25) is 0 Å². The molecule has 110 valence electrons. The summed E-state index contributed by atoms with van der Waals surface area (Å²) < 4.78 is 5.65. The second kappa shape index (κ2) is 6.59. The predicted molar refractivity (Wildman–Crippen MR) is 82.0 cm³/mol. The highest BCUT2D eigenvalue weighted by atomic mass is 16.5. The van der Waals surface area contributed by atoms with Gasteiger partial charge in [0.1, 0.15) is 5.75 Å². The molecule has 0 aliphatic carbocycles. The number of hydrogen-bond acceptors (Lipinski definition) is 3. The maximum absolute atomic E-state index is 5.65. The minimum absolute atomic E-state index is 0.750. The molecule has 0 saturated carbocycles. The van der Waals surface area contributed by atoms with Crippen molar-refractivity contribution in [3.63, 3.8) is 0 Å². The molecule has 0 bridgehead atoms. The van der Waals surface area contributed by atoms with E-state index in [0.717, 1.165) is 37.3 Å². The first-order valence-electron chi connectivity index (χ1n) is 8.03. The molecule has 2 aliphatic heterocycles. The molecule has 3 heteroatoms. The Morgan fingerprint density at radius 1 is 1.25 bits per heavy atom. The molecule has 1 N–H and O–H groups in total. The van der Waals surface area contributed by atoms with Crippen LogP contribution < -0.4 is 10.1 Å². The third kappa shape index (κ3) is 3.15. The molecule has 2 unspecified atom stereocenters. The standard InChI is InChI=1S/C17H26N2O/c1-2-10-20-16-7-5-14(6-8-16)13-19-9-3-4-15-11-18-12-17(15)19/h5-8,15,17-18H,2-4,9-13H2,1H3. The lowest BCUT2D eigenvalue weighted by Crippen LogP contribution is -2.44. The fourth-order valence-electron chi connectivity index (χ4n) is 3.51. The number of rotatable bonds is 5. The van der Waals surface area contributed by atoms with Crippen LogP contribution in [0.15, 0.2) is 24.3 Å². The molecule has 2 aliphatic rings. The number of nitrogens with zero attached hydrogens (tertiary/aromatic N) is 1. The van der Waals surface area contributed by atoms with Crippen LogP contribution in [0.5, 0.6) is 5.75 Å². The van der Waals surface area contributed by atoms with E-state index >= 15 is 0 Å². The Labute approximate surface area is 122 Å². The van der Waals surface area contributed by atoms with Crippen LogP contribution in [-0.4, -0.2) is 37.2 Å². The summed E-state index contributed by atoms with van der Waals surface area (Å²) in [6.45, 7) is 7.65. The Morgan fingerprint density at radius 3 is 2.90 bits per heavy atom. The van der Waals surface area contributed by atoms with Crippen LogP contribution in [0, 0.1) is 5.92 Å². The molecule has 0 radical (unpaired) electrons. The number of likely N-dealkylation sites (tertiary alicyclic amines) is 1. The second-order valence-electron chi connectivity index (χ2n) is 6.09. The van der Waals surface area contributed by atoms with Crippen molar-refractivity contribution in [3.05, 3.63) is 29.8 Å².